The second kappa shape index (κ2) is 13.9. The van der Waals surface area contributed by atoms with Crippen LogP contribution in [0.3, 0.4) is 0 Å². The van der Waals surface area contributed by atoms with Gasteiger partial charge in [0.1, 0.15) is 12.6 Å². The van der Waals surface area contributed by atoms with Gasteiger partial charge in [-0.1, -0.05) is 55.3 Å². The van der Waals surface area contributed by atoms with Crippen molar-refractivity contribution in [3.05, 3.63) is 99.6 Å². The van der Waals surface area contributed by atoms with Gasteiger partial charge in [0.25, 0.3) is 15.7 Å². The van der Waals surface area contributed by atoms with Crippen LogP contribution in [0.15, 0.2) is 83.8 Å². The molecule has 10 nitrogen and oxygen atoms in total. The molecule has 0 saturated carbocycles. The summed E-state index contributed by atoms with van der Waals surface area (Å²) in [5.41, 5.74) is 0.530. The van der Waals surface area contributed by atoms with Crippen molar-refractivity contribution in [1.82, 2.24) is 10.2 Å². The summed E-state index contributed by atoms with van der Waals surface area (Å²) in [5, 5.41) is 14.5. The van der Waals surface area contributed by atoms with Crippen LogP contribution >= 0.6 is 11.6 Å². The fraction of sp³-hybridized carbons (Fsp3) is 0.286. The monoisotopic (exact) mass is 586 g/mol. The van der Waals surface area contributed by atoms with E-state index in [2.05, 4.69) is 5.32 Å². The molecule has 3 rings (SSSR count). The average molecular weight is 587 g/mol. The first kappa shape index (κ1) is 30.6. The standard InChI is InChI=1S/C28H31ClN4O6S/c1-3-4-18-30-28(35)21(2)31(19-22-10-12-23(29)13-11-22)27(34)20-32(24-14-16-25(17-15-24)33(36)37)40(38,39)26-8-6-5-7-9-26/h5-17,21H,3-4,18-20H2,1-2H3,(H,30,35)/t21-/m1/s1. The maximum atomic E-state index is 13.8. The van der Waals surface area contributed by atoms with Crippen molar-refractivity contribution in [3.8, 4) is 0 Å². The number of benzene rings is 3. The highest BCUT2D eigenvalue weighted by atomic mass is 35.5. The minimum absolute atomic E-state index is 0.0256. The Kier molecular flexibility index (Phi) is 10.6. The Bertz CT molecular complexity index is 1420. The number of sulfonamides is 1. The van der Waals surface area contributed by atoms with Gasteiger partial charge in [0.05, 0.1) is 15.5 Å². The molecule has 0 heterocycles. The molecule has 1 N–H and O–H groups in total. The third-order valence-corrected chi connectivity index (χ3v) is 8.26. The van der Waals surface area contributed by atoms with Gasteiger partial charge >= 0.3 is 0 Å². The van der Waals surface area contributed by atoms with Crippen molar-refractivity contribution in [2.45, 2.75) is 44.2 Å². The van der Waals surface area contributed by atoms with E-state index in [-0.39, 0.29) is 28.7 Å². The zero-order valence-electron chi connectivity index (χ0n) is 22.2. The lowest BCUT2D eigenvalue weighted by atomic mass is 10.1. The number of nitrogens with zero attached hydrogens (tertiary/aromatic N) is 3. The lowest BCUT2D eigenvalue weighted by Crippen LogP contribution is -2.51. The smallest absolute Gasteiger partial charge is 0.269 e. The van der Waals surface area contributed by atoms with E-state index in [4.69, 9.17) is 11.6 Å². The first-order chi connectivity index (χ1) is 19.0. The molecule has 0 unspecified atom stereocenters. The first-order valence-corrected chi connectivity index (χ1v) is 14.5. The molecular formula is C28H31ClN4O6S. The van der Waals surface area contributed by atoms with Crippen molar-refractivity contribution in [3.63, 3.8) is 0 Å². The number of hydrogen-bond donors (Lipinski definition) is 1. The van der Waals surface area contributed by atoms with Gasteiger partial charge in [-0.3, -0.25) is 24.0 Å². The molecule has 40 heavy (non-hydrogen) atoms. The number of anilines is 1. The molecule has 212 valence electrons. The van der Waals surface area contributed by atoms with Gasteiger partial charge in [0, 0.05) is 30.2 Å². The number of non-ortho nitro benzene ring substituents is 1. The highest BCUT2D eigenvalue weighted by Gasteiger charge is 2.32. The summed E-state index contributed by atoms with van der Waals surface area (Å²) in [4.78, 5) is 38.6. The number of nitrogens with one attached hydrogen (secondary N) is 1. The Morgan fingerprint density at radius 2 is 1.62 bits per heavy atom. The first-order valence-electron chi connectivity index (χ1n) is 12.7. The largest absolute Gasteiger partial charge is 0.354 e. The number of unbranched alkanes of at least 4 members (excludes halogenated alkanes) is 1. The fourth-order valence-corrected chi connectivity index (χ4v) is 5.46. The lowest BCUT2D eigenvalue weighted by Gasteiger charge is -2.32. The van der Waals surface area contributed by atoms with Gasteiger partial charge in [-0.25, -0.2) is 8.42 Å². The molecule has 0 fully saturated rings. The minimum atomic E-state index is -4.26. The minimum Gasteiger partial charge on any atom is -0.354 e. The quantitative estimate of drug-likeness (QED) is 0.174. The highest BCUT2D eigenvalue weighted by Crippen LogP contribution is 2.26. The number of rotatable bonds is 13. The van der Waals surface area contributed by atoms with Gasteiger partial charge in [0.15, 0.2) is 0 Å². The van der Waals surface area contributed by atoms with Crippen LogP contribution in [-0.2, 0) is 26.2 Å². The molecule has 1 atom stereocenters. The van der Waals surface area contributed by atoms with Gasteiger partial charge < -0.3 is 10.2 Å². The zero-order chi connectivity index (χ0) is 29.3. The summed E-state index contributed by atoms with van der Waals surface area (Å²) in [6, 6.07) is 18.3. The second-order valence-electron chi connectivity index (χ2n) is 9.07. The molecule has 0 radical (unpaired) electrons. The molecule has 3 aromatic carbocycles. The van der Waals surface area contributed by atoms with E-state index in [9.17, 15) is 28.1 Å². The van der Waals surface area contributed by atoms with Gasteiger partial charge in [0.2, 0.25) is 11.8 Å². The summed E-state index contributed by atoms with van der Waals surface area (Å²) in [6.45, 7) is 3.40. The summed E-state index contributed by atoms with van der Waals surface area (Å²) in [6.07, 6.45) is 1.65. The molecule has 12 heteroatoms. The number of carbonyl (C=O) groups is 2. The second-order valence-corrected chi connectivity index (χ2v) is 11.4. The van der Waals surface area contributed by atoms with Gasteiger partial charge in [-0.05, 0) is 55.3 Å². The van der Waals surface area contributed by atoms with E-state index in [0.29, 0.717) is 17.1 Å². The van der Waals surface area contributed by atoms with Gasteiger partial charge in [-0.2, -0.15) is 0 Å². The highest BCUT2D eigenvalue weighted by molar-refractivity contribution is 7.92. The number of carbonyl (C=O) groups excluding carboxylic acids is 2. The molecular weight excluding hydrogens is 556 g/mol. The molecule has 0 bridgehead atoms. The summed E-state index contributed by atoms with van der Waals surface area (Å²) in [7, 11) is -4.26. The van der Waals surface area contributed by atoms with Crippen LogP contribution in [0.4, 0.5) is 11.4 Å². The average Bonchev–Trinajstić information content (AvgIpc) is 2.95. The number of nitro groups is 1. The van der Waals surface area contributed by atoms with E-state index < -0.39 is 33.4 Å². The fourth-order valence-electron chi connectivity index (χ4n) is 3.89. The Hall–Kier alpha value is -3.96. The Labute approximate surface area is 238 Å². The summed E-state index contributed by atoms with van der Waals surface area (Å²) < 4.78 is 28.3. The van der Waals surface area contributed by atoms with Crippen LogP contribution in [0.1, 0.15) is 32.3 Å². The van der Waals surface area contributed by atoms with Gasteiger partial charge in [-0.15, -0.1) is 0 Å². The van der Waals surface area contributed by atoms with Crippen LogP contribution in [-0.4, -0.2) is 49.2 Å². The Morgan fingerprint density at radius 3 is 2.20 bits per heavy atom. The Balaban J connectivity index is 2.00. The number of nitro benzene ring substituents is 1. The van der Waals surface area contributed by atoms with Crippen LogP contribution in [0.5, 0.6) is 0 Å². The molecule has 0 saturated heterocycles. The van der Waals surface area contributed by atoms with E-state index in [1.807, 2.05) is 6.92 Å². The van der Waals surface area contributed by atoms with Crippen LogP contribution in [0, 0.1) is 10.1 Å². The Morgan fingerprint density at radius 1 is 1.00 bits per heavy atom. The molecule has 3 aromatic rings. The van der Waals surface area contributed by atoms with Crippen LogP contribution < -0.4 is 9.62 Å². The number of amides is 2. The summed E-state index contributed by atoms with van der Waals surface area (Å²) >= 11 is 6.01. The SMILES string of the molecule is CCCCNC(=O)[C@@H](C)N(Cc1ccc(Cl)cc1)C(=O)CN(c1ccc([N+](=O)[O-])cc1)S(=O)(=O)c1ccccc1. The van der Waals surface area contributed by atoms with Crippen molar-refractivity contribution in [1.29, 1.82) is 0 Å². The molecule has 0 spiro atoms. The normalized spacial score (nSPS) is 11.9. The van der Waals surface area contributed by atoms with E-state index >= 15 is 0 Å². The number of hydrogen-bond acceptors (Lipinski definition) is 6. The zero-order valence-corrected chi connectivity index (χ0v) is 23.8. The van der Waals surface area contributed by atoms with E-state index in [0.717, 1.165) is 17.1 Å². The topological polar surface area (TPSA) is 130 Å². The maximum Gasteiger partial charge on any atom is 0.269 e. The predicted octanol–water partition coefficient (Wildman–Crippen LogP) is 4.78. The third kappa shape index (κ3) is 7.80. The van der Waals surface area contributed by atoms with Crippen LogP contribution in [0.25, 0.3) is 0 Å². The third-order valence-electron chi connectivity index (χ3n) is 6.22. The molecule has 0 aliphatic carbocycles. The van der Waals surface area contributed by atoms with Crippen molar-refractivity contribution in [2.75, 3.05) is 17.4 Å². The number of halogens is 1. The molecule has 2 amide bonds. The molecule has 0 aliphatic rings. The van der Waals surface area contributed by atoms with E-state index in [1.54, 1.807) is 49.4 Å². The summed E-state index contributed by atoms with van der Waals surface area (Å²) in [5.74, 6) is -1.01. The van der Waals surface area contributed by atoms with Crippen molar-refractivity contribution >= 4 is 44.8 Å². The molecule has 0 aromatic heterocycles. The van der Waals surface area contributed by atoms with Crippen molar-refractivity contribution in [2.24, 2.45) is 0 Å². The van der Waals surface area contributed by atoms with E-state index in [1.165, 1.54) is 41.3 Å². The maximum absolute atomic E-state index is 13.8. The van der Waals surface area contributed by atoms with Crippen LogP contribution in [0.2, 0.25) is 5.02 Å². The molecule has 0 aliphatic heterocycles. The lowest BCUT2D eigenvalue weighted by molar-refractivity contribution is -0.384. The predicted molar refractivity (Wildman–Crippen MR) is 153 cm³/mol. The van der Waals surface area contributed by atoms with Crippen molar-refractivity contribution < 1.29 is 22.9 Å².